The molecule has 0 aliphatic rings. The van der Waals surface area contributed by atoms with Gasteiger partial charge < -0.3 is 20.1 Å². The number of esters is 2. The number of phosphoric ester groups is 1. The number of hydrogen-bond donors (Lipinski definition) is 2. The molecule has 2 unspecified atom stereocenters. The molecular weight excluding hydrogens is 1030 g/mol. The van der Waals surface area contributed by atoms with Crippen LogP contribution in [-0.2, 0) is 32.7 Å². The van der Waals surface area contributed by atoms with Crippen molar-refractivity contribution in [1.29, 1.82) is 0 Å². The SMILES string of the molecule is CC/C=C\C/C=C\C/C=C\C/C=C\C/C=C\C/C=C\C/C=C\C/C=C\C/C=C\C/C=C\C/C=C\CCCCCC(=O)OC(COC(=O)CCC/C=C\C/C=C\C/C=C\C/C=C\C/C=C\C/C=C\C/C=C\CC)COP(=O)(O)OCCN. The molecule has 0 aromatic heterocycles. The van der Waals surface area contributed by atoms with E-state index in [2.05, 4.69) is 227 Å². The lowest BCUT2D eigenvalue weighted by Gasteiger charge is -2.19. The van der Waals surface area contributed by atoms with Crippen molar-refractivity contribution in [2.24, 2.45) is 5.73 Å². The second-order valence-corrected chi connectivity index (χ2v) is 20.2. The van der Waals surface area contributed by atoms with Crippen LogP contribution in [0.15, 0.2) is 219 Å². The van der Waals surface area contributed by atoms with Crippen molar-refractivity contribution in [1.82, 2.24) is 0 Å². The first-order valence-corrected chi connectivity index (χ1v) is 31.7. The minimum atomic E-state index is -4.43. The number of rotatable bonds is 53. The first kappa shape index (κ1) is 75.3. The minimum Gasteiger partial charge on any atom is -0.462 e. The van der Waals surface area contributed by atoms with Gasteiger partial charge in [-0.1, -0.05) is 239 Å². The maximum Gasteiger partial charge on any atom is 0.472 e. The summed E-state index contributed by atoms with van der Waals surface area (Å²) in [6.45, 7) is 3.36. The number of ether oxygens (including phenoxy) is 2. The smallest absolute Gasteiger partial charge is 0.462 e. The van der Waals surface area contributed by atoms with Crippen molar-refractivity contribution in [3.63, 3.8) is 0 Å². The number of phosphoric acid groups is 1. The summed E-state index contributed by atoms with van der Waals surface area (Å²) < 4.78 is 32.9. The van der Waals surface area contributed by atoms with Crippen molar-refractivity contribution in [2.45, 2.75) is 187 Å². The van der Waals surface area contributed by atoms with Crippen molar-refractivity contribution in [2.75, 3.05) is 26.4 Å². The first-order valence-electron chi connectivity index (χ1n) is 30.2. The Balaban J connectivity index is 4.21. The Hall–Kier alpha value is -5.67. The molecule has 0 aliphatic carbocycles. The van der Waals surface area contributed by atoms with Crippen molar-refractivity contribution in [3.8, 4) is 0 Å². The third kappa shape index (κ3) is 63.4. The molecule has 0 spiro atoms. The van der Waals surface area contributed by atoms with Gasteiger partial charge in [-0.05, 0) is 148 Å². The fourth-order valence-electron chi connectivity index (χ4n) is 6.98. The molecular formula is C71H106NO8P. The summed E-state index contributed by atoms with van der Waals surface area (Å²) in [6, 6.07) is 0. The quantitative estimate of drug-likeness (QED) is 0.0264. The number of hydrogen-bond acceptors (Lipinski definition) is 8. The van der Waals surface area contributed by atoms with E-state index < -0.39 is 32.5 Å². The third-order valence-electron chi connectivity index (χ3n) is 11.4. The highest BCUT2D eigenvalue weighted by atomic mass is 31.2. The van der Waals surface area contributed by atoms with Crippen LogP contribution in [0.4, 0.5) is 0 Å². The van der Waals surface area contributed by atoms with E-state index in [0.29, 0.717) is 19.3 Å². The van der Waals surface area contributed by atoms with Gasteiger partial charge in [0.2, 0.25) is 0 Å². The summed E-state index contributed by atoms with van der Waals surface area (Å²) in [5.41, 5.74) is 5.37. The molecule has 0 amide bonds. The molecule has 0 aromatic carbocycles. The van der Waals surface area contributed by atoms with E-state index in [4.69, 9.17) is 24.3 Å². The van der Waals surface area contributed by atoms with Gasteiger partial charge in [0.15, 0.2) is 6.10 Å². The van der Waals surface area contributed by atoms with Crippen molar-refractivity contribution in [3.05, 3.63) is 219 Å². The number of carbonyl (C=O) groups is 2. The average Bonchev–Trinajstić information content (AvgIpc) is 3.46. The molecule has 0 bridgehead atoms. The lowest BCUT2D eigenvalue weighted by Crippen LogP contribution is -2.29. The summed E-state index contributed by atoms with van der Waals surface area (Å²) in [4.78, 5) is 35.2. The van der Waals surface area contributed by atoms with E-state index in [1.54, 1.807) is 0 Å². The standard InChI is InChI=1S/C71H106NO8P/c1-3-5-7-9-11-13-15-17-19-21-23-25-27-28-29-30-31-32-33-34-35-36-37-38-39-40-42-44-46-48-50-52-54-56-58-60-62-64-71(74)80-69(68-79-81(75,76)78-66-65-72)67-77-70(73)63-61-59-57-55-53-51-49-47-45-43-41-26-24-22-20-18-16-14-12-10-8-6-4-2/h5-8,11-14,17-20,23-26,28-29,31-32,34-35,37-38,40,42-43,45-46,48-49,51-52,54-55,57,69H,3-4,9-10,15-16,21-22,27,30,33,36,39,41,44,47,50,53,56,58-68,72H2,1-2H3,(H,75,76)/b7-5-,8-6-,13-11-,14-12-,19-17-,20-18-,25-23-,26-24-,29-28-,32-31-,35-34-,38-37-,42-40-,45-43-,48-46-,51-49-,54-52-,57-55-. The maximum atomic E-state index is 12.7. The molecule has 0 heterocycles. The predicted molar refractivity (Wildman–Crippen MR) is 348 cm³/mol. The van der Waals surface area contributed by atoms with E-state index in [1.165, 1.54) is 0 Å². The summed E-state index contributed by atoms with van der Waals surface area (Å²) in [6.07, 6.45) is 100. The highest BCUT2D eigenvalue weighted by Gasteiger charge is 2.26. The Morgan fingerprint density at radius 3 is 0.963 bits per heavy atom. The zero-order chi connectivity index (χ0) is 58.7. The topological polar surface area (TPSA) is 134 Å². The van der Waals surface area contributed by atoms with Gasteiger partial charge in [0.05, 0.1) is 13.2 Å². The van der Waals surface area contributed by atoms with Gasteiger partial charge in [-0.25, -0.2) is 4.57 Å². The zero-order valence-electron chi connectivity index (χ0n) is 49.9. The van der Waals surface area contributed by atoms with Crippen LogP contribution in [0.3, 0.4) is 0 Å². The van der Waals surface area contributed by atoms with Gasteiger partial charge in [0.1, 0.15) is 6.61 Å². The number of unbranched alkanes of at least 4 members (excludes halogenated alkanes) is 4. The monoisotopic (exact) mass is 1130 g/mol. The zero-order valence-corrected chi connectivity index (χ0v) is 50.8. The Morgan fingerprint density at radius 1 is 0.370 bits per heavy atom. The van der Waals surface area contributed by atoms with Crippen LogP contribution in [0.5, 0.6) is 0 Å². The first-order chi connectivity index (χ1) is 39.8. The number of nitrogens with two attached hydrogens (primary N) is 1. The summed E-state index contributed by atoms with van der Waals surface area (Å²) >= 11 is 0. The largest absolute Gasteiger partial charge is 0.472 e. The molecule has 10 heteroatoms. The van der Waals surface area contributed by atoms with E-state index >= 15 is 0 Å². The molecule has 81 heavy (non-hydrogen) atoms. The highest BCUT2D eigenvalue weighted by Crippen LogP contribution is 2.43. The molecule has 9 nitrogen and oxygen atoms in total. The van der Waals surface area contributed by atoms with Gasteiger partial charge in [0.25, 0.3) is 0 Å². The normalized spacial score (nSPS) is 14.6. The molecule has 0 aromatic rings. The molecule has 0 radical (unpaired) electrons. The van der Waals surface area contributed by atoms with Gasteiger partial charge in [-0.3, -0.25) is 18.6 Å². The molecule has 0 aliphatic heterocycles. The lowest BCUT2D eigenvalue weighted by molar-refractivity contribution is -0.161. The van der Waals surface area contributed by atoms with Crippen LogP contribution in [0, 0.1) is 0 Å². The molecule has 0 fully saturated rings. The molecule has 0 saturated heterocycles. The van der Waals surface area contributed by atoms with Crippen LogP contribution >= 0.6 is 7.82 Å². The minimum absolute atomic E-state index is 0.0264. The molecule has 448 valence electrons. The van der Waals surface area contributed by atoms with E-state index in [0.717, 1.165) is 135 Å². The number of carbonyl (C=O) groups excluding carboxylic acids is 2. The lowest BCUT2D eigenvalue weighted by atomic mass is 10.1. The molecule has 2 atom stereocenters. The van der Waals surface area contributed by atoms with Crippen LogP contribution in [-0.4, -0.2) is 49.3 Å². The van der Waals surface area contributed by atoms with Crippen LogP contribution < -0.4 is 5.73 Å². The second kappa shape index (κ2) is 63.5. The fourth-order valence-corrected chi connectivity index (χ4v) is 7.74. The Labute approximate surface area is 492 Å². The van der Waals surface area contributed by atoms with Crippen molar-refractivity contribution < 1.29 is 37.6 Å². The number of allylic oxidation sites excluding steroid dienone is 36. The summed E-state index contributed by atoms with van der Waals surface area (Å²) in [7, 11) is -4.43. The van der Waals surface area contributed by atoms with Crippen LogP contribution in [0.1, 0.15) is 181 Å². The molecule has 0 saturated carbocycles. The van der Waals surface area contributed by atoms with E-state index in [-0.39, 0.29) is 32.6 Å². The van der Waals surface area contributed by atoms with Gasteiger partial charge in [0, 0.05) is 19.4 Å². The Bertz CT molecular complexity index is 2120. The Morgan fingerprint density at radius 2 is 0.654 bits per heavy atom. The fraction of sp³-hybridized carbons (Fsp3) is 0.465. The highest BCUT2D eigenvalue weighted by molar-refractivity contribution is 7.47. The van der Waals surface area contributed by atoms with Crippen LogP contribution in [0.25, 0.3) is 0 Å². The third-order valence-corrected chi connectivity index (χ3v) is 12.3. The summed E-state index contributed by atoms with van der Waals surface area (Å²) in [5, 5.41) is 0. The van der Waals surface area contributed by atoms with Gasteiger partial charge in [-0.2, -0.15) is 0 Å². The van der Waals surface area contributed by atoms with E-state index in [9.17, 15) is 19.0 Å². The van der Waals surface area contributed by atoms with Gasteiger partial charge >= 0.3 is 19.8 Å². The predicted octanol–water partition coefficient (Wildman–Crippen LogP) is 19.7. The second-order valence-electron chi connectivity index (χ2n) is 18.7. The average molecular weight is 1130 g/mol. The molecule has 3 N–H and O–H groups in total. The summed E-state index contributed by atoms with van der Waals surface area (Å²) in [5.74, 6) is -0.959. The Kier molecular flexibility index (Phi) is 59.1. The maximum absolute atomic E-state index is 12.7. The van der Waals surface area contributed by atoms with Crippen LogP contribution in [0.2, 0.25) is 0 Å². The van der Waals surface area contributed by atoms with Gasteiger partial charge in [-0.15, -0.1) is 0 Å². The van der Waals surface area contributed by atoms with Crippen molar-refractivity contribution >= 4 is 19.8 Å². The molecule has 0 rings (SSSR count). The van der Waals surface area contributed by atoms with E-state index in [1.807, 2.05) is 6.08 Å².